The molecule has 123 heavy (non-hydrogen) atoms. The summed E-state index contributed by atoms with van der Waals surface area (Å²) in [6, 6.07) is 68.5. The third-order valence-corrected chi connectivity index (χ3v) is 19.4. The van der Waals surface area contributed by atoms with Crippen LogP contribution in [-0.2, 0) is 40.6 Å². The summed E-state index contributed by atoms with van der Waals surface area (Å²) in [5.41, 5.74) is 32.4. The summed E-state index contributed by atoms with van der Waals surface area (Å²) in [6.07, 6.45) is 4.26. The molecule has 0 saturated heterocycles. The highest BCUT2D eigenvalue weighted by molar-refractivity contribution is 6.01. The number of ether oxygens (including phenoxy) is 4. The molecule has 0 aliphatic rings. The fraction of sp³-hybridized carbons (Fsp3) is 0.191. The van der Waals surface area contributed by atoms with Crippen molar-refractivity contribution in [2.24, 2.45) is 0 Å². The van der Waals surface area contributed by atoms with Gasteiger partial charge in [0.25, 0.3) is 0 Å². The van der Waals surface area contributed by atoms with Gasteiger partial charge in [-0.1, -0.05) is 72.8 Å². The highest BCUT2D eigenvalue weighted by atomic mass is 16.5. The molecule has 16 aromatic rings. The quantitative estimate of drug-likeness (QED) is 0.0309. The van der Waals surface area contributed by atoms with Crippen molar-refractivity contribution in [1.82, 2.24) is 104 Å². The Kier molecular flexibility index (Phi) is 27.1. The average molecular weight is 1650 g/mol. The van der Waals surface area contributed by atoms with Crippen LogP contribution in [-0.4, -0.2) is 183 Å². The molecule has 0 unspecified atom stereocenters. The van der Waals surface area contributed by atoms with Gasteiger partial charge in [-0.05, 0) is 153 Å². The van der Waals surface area contributed by atoms with Gasteiger partial charge in [0.15, 0.2) is 22.6 Å². The van der Waals surface area contributed by atoms with Gasteiger partial charge in [-0.25, -0.2) is 58.2 Å². The number of urea groups is 1. The molecule has 5 amide bonds. The monoisotopic (exact) mass is 1650 g/mol. The number of rotatable bonds is 25. The molecule has 0 atom stereocenters. The summed E-state index contributed by atoms with van der Waals surface area (Å²) in [5.74, 6) is 7.06. The van der Waals surface area contributed by atoms with Crippen LogP contribution in [0, 0.1) is 0 Å². The lowest BCUT2D eigenvalue weighted by Gasteiger charge is -2.21. The number of para-hydroxylation sites is 4. The summed E-state index contributed by atoms with van der Waals surface area (Å²) >= 11 is 0. The van der Waals surface area contributed by atoms with E-state index >= 15 is 0 Å². The summed E-state index contributed by atoms with van der Waals surface area (Å²) < 4.78 is 30.3. The second-order valence-electron chi connectivity index (χ2n) is 28.2. The lowest BCUT2D eigenvalue weighted by molar-refractivity contribution is -0.129. The van der Waals surface area contributed by atoms with E-state index in [1.54, 1.807) is 61.6 Å². The Morgan fingerprint density at radius 2 is 0.691 bits per heavy atom. The van der Waals surface area contributed by atoms with Crippen molar-refractivity contribution in [3.63, 3.8) is 0 Å². The van der Waals surface area contributed by atoms with E-state index in [0.29, 0.717) is 149 Å². The smallest absolute Gasteiger partial charge is 0.348 e. The van der Waals surface area contributed by atoms with Crippen molar-refractivity contribution < 1.29 is 38.1 Å². The lowest BCUT2D eigenvalue weighted by atomic mass is 10.1. The minimum absolute atomic E-state index is 0.00479. The lowest BCUT2D eigenvalue weighted by Crippen LogP contribution is -2.38. The van der Waals surface area contributed by atoms with Crippen LogP contribution in [0.1, 0.15) is 27.7 Å². The Morgan fingerprint density at radius 3 is 1.01 bits per heavy atom. The molecule has 0 aliphatic heterocycles. The highest BCUT2D eigenvalue weighted by Gasteiger charge is 2.24. The molecule has 10 N–H and O–H groups in total. The van der Waals surface area contributed by atoms with Crippen molar-refractivity contribution >= 4 is 91.2 Å². The molecule has 8 aromatic heterocycles. The number of hydrogen-bond acceptors (Lipinski definition) is 24. The number of aromatic amines is 1. The molecule has 34 heteroatoms. The van der Waals surface area contributed by atoms with Crippen molar-refractivity contribution in [2.45, 2.75) is 53.9 Å². The van der Waals surface area contributed by atoms with E-state index in [9.17, 15) is 24.0 Å². The zero-order valence-electron chi connectivity index (χ0n) is 68.9. The van der Waals surface area contributed by atoms with Crippen LogP contribution in [0.15, 0.2) is 242 Å². The summed E-state index contributed by atoms with van der Waals surface area (Å²) in [4.78, 5) is 97.1. The molecular formula is C89H91N25O9. The summed E-state index contributed by atoms with van der Waals surface area (Å²) in [7, 11) is 6.95. The predicted molar refractivity (Wildman–Crippen MR) is 471 cm³/mol. The molecule has 16 rings (SSSR count). The van der Waals surface area contributed by atoms with E-state index < -0.39 is 5.69 Å². The molecular weight excluding hydrogens is 1560 g/mol. The number of nitrogen functional groups attached to an aromatic ring is 4. The number of fused-ring (bicyclic) bond motifs is 4. The predicted octanol–water partition coefficient (Wildman–Crippen LogP) is 12.9. The Hall–Kier alpha value is -16.2. The van der Waals surface area contributed by atoms with Crippen molar-refractivity contribution in [2.75, 3.05) is 83.8 Å². The van der Waals surface area contributed by atoms with Gasteiger partial charge in [0, 0.05) is 104 Å². The van der Waals surface area contributed by atoms with E-state index in [2.05, 4.69) is 55.4 Å². The average Bonchev–Trinajstić information content (AvgIpc) is 1.63. The Labute approximate surface area is 706 Å². The van der Waals surface area contributed by atoms with Crippen molar-refractivity contribution in [3.05, 3.63) is 248 Å². The van der Waals surface area contributed by atoms with Crippen LogP contribution in [0.5, 0.6) is 46.0 Å². The topological polar surface area (TPSA) is 429 Å². The number of carbonyl (C=O) groups is 4. The zero-order chi connectivity index (χ0) is 86.6. The molecule has 8 aromatic carbocycles. The highest BCUT2D eigenvalue weighted by Crippen LogP contribution is 2.37. The van der Waals surface area contributed by atoms with Crippen LogP contribution in [0.25, 0.3) is 89.2 Å². The number of hydrogen-bond donors (Lipinski definition) is 6. The number of likely N-dealkylation sites (N-methyl/N-ethyl adjacent to an activating group) is 3. The molecule has 0 aliphatic carbocycles. The van der Waals surface area contributed by atoms with Crippen LogP contribution < -0.4 is 52.9 Å². The van der Waals surface area contributed by atoms with Crippen LogP contribution >= 0.6 is 0 Å². The SMILES string of the molecule is CC(=O)N(C)CCn1nc(-c2ccc(Oc3ccccc3)cc2)c2c(N)ncnc21.CC(=O)NCCn1nc(-c2ccc(Oc3ccccc3)cc2)c2c(N)ncnc21.CCN(CCn1nc(-c2ccc(Oc3ccccc3)cc2)c2c(N)[nH]c(=O)nc21)C(C)=O.CN(C)C(=O)N(C)CCn1nc(-c2ccc(Oc3ccccc3)cc2)c2c(N)ncnc21. The molecule has 0 radical (unpaired) electrons. The fourth-order valence-electron chi connectivity index (χ4n) is 13.0. The number of benzene rings is 8. The molecule has 0 fully saturated rings. The molecule has 34 nitrogen and oxygen atoms in total. The first-order chi connectivity index (χ1) is 59.5. The van der Waals surface area contributed by atoms with Gasteiger partial charge < -0.3 is 66.8 Å². The van der Waals surface area contributed by atoms with Gasteiger partial charge in [-0.2, -0.15) is 25.4 Å². The van der Waals surface area contributed by atoms with Gasteiger partial charge >= 0.3 is 11.7 Å². The second-order valence-corrected chi connectivity index (χ2v) is 28.2. The molecule has 0 spiro atoms. The van der Waals surface area contributed by atoms with Crippen LogP contribution in [0.4, 0.5) is 28.1 Å². The fourth-order valence-corrected chi connectivity index (χ4v) is 13.0. The molecule has 8 heterocycles. The maximum atomic E-state index is 12.1. The number of nitrogens with zero attached hydrogens (tertiary/aromatic N) is 19. The first-order valence-corrected chi connectivity index (χ1v) is 39.2. The summed E-state index contributed by atoms with van der Waals surface area (Å²) in [6.45, 7) is 10.7. The van der Waals surface area contributed by atoms with Gasteiger partial charge in [0.2, 0.25) is 17.7 Å². The van der Waals surface area contributed by atoms with Crippen molar-refractivity contribution in [1.29, 1.82) is 0 Å². The van der Waals surface area contributed by atoms with Gasteiger partial charge in [-0.3, -0.25) is 19.4 Å². The Morgan fingerprint density at radius 1 is 0.382 bits per heavy atom. The van der Waals surface area contributed by atoms with Gasteiger partial charge in [-0.15, -0.1) is 0 Å². The largest absolute Gasteiger partial charge is 0.457 e. The van der Waals surface area contributed by atoms with Gasteiger partial charge in [0.1, 0.15) is 111 Å². The van der Waals surface area contributed by atoms with Crippen molar-refractivity contribution in [3.8, 4) is 91.0 Å². The zero-order valence-corrected chi connectivity index (χ0v) is 68.9. The molecule has 626 valence electrons. The maximum Gasteiger partial charge on any atom is 0.348 e. The van der Waals surface area contributed by atoms with Crippen LogP contribution in [0.3, 0.4) is 0 Å². The van der Waals surface area contributed by atoms with E-state index in [1.807, 2.05) is 225 Å². The number of anilines is 4. The first-order valence-electron chi connectivity index (χ1n) is 39.2. The Bertz CT molecular complexity index is 6370. The third kappa shape index (κ3) is 21.1. The minimum Gasteiger partial charge on any atom is -0.457 e. The normalized spacial score (nSPS) is 10.9. The number of nitrogens with two attached hydrogens (primary N) is 4. The van der Waals surface area contributed by atoms with E-state index in [0.717, 1.165) is 62.5 Å². The maximum absolute atomic E-state index is 12.1. The number of nitrogens with one attached hydrogen (secondary N) is 2. The number of amides is 5. The van der Waals surface area contributed by atoms with E-state index in [-0.39, 0.29) is 29.6 Å². The minimum atomic E-state index is -0.548. The molecule has 0 bridgehead atoms. The third-order valence-electron chi connectivity index (χ3n) is 19.4. The first kappa shape index (κ1) is 84.7. The number of carbonyl (C=O) groups excluding carboxylic acids is 4. The van der Waals surface area contributed by atoms with E-state index in [1.165, 1.54) is 44.7 Å². The van der Waals surface area contributed by atoms with E-state index in [4.69, 9.17) is 52.1 Å². The standard InChI is InChI=1S/C23H25N7O2.C23H24N6O3.C22H22N6O2.C21H20N6O2/c1-28(2)23(31)29(3)13-14-30-22-19(21(24)25-15-26-22)20(27-30)16-9-11-18(12-10-16)32-17-7-5-4-6-8-17;1-3-28(15(2)30)13-14-29-22-19(21(24)25-23(31)26-22)20(27-29)16-9-11-18(12-10-16)32-17-7-5-4-6-8-17;1-15(29)27(2)12-13-28-22-19(21(23)24-14-25-22)20(26-28)16-8-10-18(11-9-16)30-17-6-4-3-5-7-17;1-14(28)23-11-12-27-21-18(20(22)24-13-25-21)19(26-27)15-7-9-17(10-8-15)29-16-5-3-2-4-6-16/h4-12,15H,13-14H2,1-3H3,(H2,24,25,26);4-12H,3,13-14H2,1-2H3,(H3,24,25,26,31);3-11,14H,12-13H2,1-2H3,(H2,23,24,25);2-10,13H,11-12H2,1H3,(H,23,28)(H2,22,24,25). The molecule has 0 saturated carbocycles. The number of H-pyrrole nitrogens is 1. The van der Waals surface area contributed by atoms with Crippen LogP contribution in [0.2, 0.25) is 0 Å². The van der Waals surface area contributed by atoms with Gasteiger partial charge in [0.05, 0.1) is 47.7 Å². The number of aromatic nitrogens is 16. The summed E-state index contributed by atoms with van der Waals surface area (Å²) in [5, 5.41) is 24.2. The second kappa shape index (κ2) is 39.4. The Balaban J connectivity index is 0.000000141.